The Hall–Kier alpha value is -2.94. The minimum Gasteiger partial charge on any atom is -0.496 e. The van der Waals surface area contributed by atoms with E-state index in [0.29, 0.717) is 29.1 Å². The number of carbonyl (C=O) groups is 1. The number of rotatable bonds is 8. The van der Waals surface area contributed by atoms with Crippen LogP contribution in [0.4, 0.5) is 0 Å². The van der Waals surface area contributed by atoms with Gasteiger partial charge in [-0.05, 0) is 61.7 Å². The third-order valence-corrected chi connectivity index (χ3v) is 4.69. The van der Waals surface area contributed by atoms with E-state index >= 15 is 0 Å². The second-order valence-corrected chi connectivity index (χ2v) is 7.37. The van der Waals surface area contributed by atoms with Gasteiger partial charge >= 0.3 is 0 Å². The fourth-order valence-electron chi connectivity index (χ4n) is 3.03. The highest BCUT2D eigenvalue weighted by molar-refractivity contribution is 5.98. The summed E-state index contributed by atoms with van der Waals surface area (Å²) < 4.78 is 5.41. The van der Waals surface area contributed by atoms with Crippen LogP contribution in [0.5, 0.6) is 5.75 Å². The lowest BCUT2D eigenvalue weighted by molar-refractivity contribution is 0.0964. The minimum absolute atomic E-state index is 0.265. The number of hydrazine groups is 2. The minimum atomic E-state index is -0.275. The average Bonchev–Trinajstić information content (AvgIpc) is 2.79. The van der Waals surface area contributed by atoms with Crippen LogP contribution < -0.4 is 26.7 Å². The van der Waals surface area contributed by atoms with Crippen LogP contribution >= 0.6 is 0 Å². The van der Waals surface area contributed by atoms with E-state index in [4.69, 9.17) is 16.0 Å². The van der Waals surface area contributed by atoms with Gasteiger partial charge in [0.1, 0.15) is 11.6 Å². The molecule has 6 N–H and O–H groups in total. The van der Waals surface area contributed by atoms with E-state index in [9.17, 15) is 4.79 Å². The summed E-state index contributed by atoms with van der Waals surface area (Å²) >= 11 is 0. The summed E-state index contributed by atoms with van der Waals surface area (Å²) in [6.07, 6.45) is 7.32. The summed E-state index contributed by atoms with van der Waals surface area (Å²) in [5.41, 5.74) is 6.40. The SMILES string of the molecule is C=C(/C=C\C=C(/C)C(=N)N(CC)NN)NC(=O)c1cc2c(cc1OC)CCNC2.CCC. The normalized spacial score (nSPS) is 13.0. The Kier molecular flexibility index (Phi) is 12.0. The van der Waals surface area contributed by atoms with E-state index in [1.54, 1.807) is 32.3 Å². The molecule has 0 unspecified atom stereocenters. The molecule has 1 heterocycles. The summed E-state index contributed by atoms with van der Waals surface area (Å²) in [7, 11) is 1.56. The largest absolute Gasteiger partial charge is 0.496 e. The van der Waals surface area contributed by atoms with Crippen molar-refractivity contribution in [1.29, 1.82) is 5.41 Å². The van der Waals surface area contributed by atoms with Gasteiger partial charge in [0.15, 0.2) is 0 Å². The number of nitrogens with zero attached hydrogens (tertiary/aromatic N) is 1. The maximum Gasteiger partial charge on any atom is 0.259 e. The summed E-state index contributed by atoms with van der Waals surface area (Å²) in [6, 6.07) is 3.81. The van der Waals surface area contributed by atoms with Crippen LogP contribution in [-0.4, -0.2) is 37.0 Å². The molecule has 0 bridgehead atoms. The van der Waals surface area contributed by atoms with Crippen molar-refractivity contribution in [3.05, 3.63) is 64.9 Å². The molecule has 0 atom stereocenters. The van der Waals surface area contributed by atoms with Crippen molar-refractivity contribution >= 4 is 11.7 Å². The van der Waals surface area contributed by atoms with Gasteiger partial charge in [0.05, 0.1) is 12.7 Å². The molecule has 176 valence electrons. The first-order valence-corrected chi connectivity index (χ1v) is 10.9. The topological polar surface area (TPSA) is 116 Å². The van der Waals surface area contributed by atoms with Crippen LogP contribution in [-0.2, 0) is 13.0 Å². The molecule has 0 aliphatic carbocycles. The van der Waals surface area contributed by atoms with Crippen molar-refractivity contribution in [1.82, 2.24) is 21.2 Å². The number of ether oxygens (including phenoxy) is 1. The molecule has 1 aliphatic rings. The molecule has 8 heteroatoms. The van der Waals surface area contributed by atoms with E-state index in [1.807, 2.05) is 19.1 Å². The molecule has 0 radical (unpaired) electrons. The first kappa shape index (κ1) is 27.1. The summed E-state index contributed by atoms with van der Waals surface area (Å²) in [5, 5.41) is 15.6. The zero-order valence-electron chi connectivity index (χ0n) is 20.0. The Balaban J connectivity index is 0.00000161. The van der Waals surface area contributed by atoms with E-state index in [0.717, 1.165) is 25.1 Å². The van der Waals surface area contributed by atoms with Crippen LogP contribution in [0.3, 0.4) is 0 Å². The van der Waals surface area contributed by atoms with Crippen LogP contribution in [0.25, 0.3) is 0 Å². The standard InChI is InChI=1S/C21H30N6O2.C3H8/c1-5-27(26-23)20(22)14(2)7-6-8-15(3)25-21(28)18-11-17-13-24-10-9-16(17)12-19(18)29-4;1-3-2/h6-8,11-12,22,24,26H,3,5,9-10,13,23H2,1-2,4H3,(H,25,28);3H2,1-2H3/b8-6-,14-7+,22-20?;. The molecule has 1 aliphatic heterocycles. The molecule has 0 saturated carbocycles. The van der Waals surface area contributed by atoms with Crippen molar-refractivity contribution in [3.63, 3.8) is 0 Å². The summed E-state index contributed by atoms with van der Waals surface area (Å²) in [6.45, 7) is 14.0. The lowest BCUT2D eigenvalue weighted by atomic mass is 9.97. The van der Waals surface area contributed by atoms with E-state index in [1.165, 1.54) is 17.0 Å². The van der Waals surface area contributed by atoms with Gasteiger partial charge in [0.2, 0.25) is 0 Å². The monoisotopic (exact) mass is 442 g/mol. The third kappa shape index (κ3) is 7.96. The zero-order chi connectivity index (χ0) is 24.1. The highest BCUT2D eigenvalue weighted by atomic mass is 16.5. The third-order valence-electron chi connectivity index (χ3n) is 4.69. The molecular weight excluding hydrogens is 404 g/mol. The van der Waals surface area contributed by atoms with Gasteiger partial charge in [-0.25, -0.2) is 0 Å². The second-order valence-electron chi connectivity index (χ2n) is 7.37. The van der Waals surface area contributed by atoms with E-state index in [2.05, 4.69) is 36.6 Å². The Labute approximate surface area is 192 Å². The molecule has 8 nitrogen and oxygen atoms in total. The maximum absolute atomic E-state index is 12.7. The Morgan fingerprint density at radius 2 is 2.03 bits per heavy atom. The van der Waals surface area contributed by atoms with Crippen molar-refractivity contribution in [2.75, 3.05) is 20.2 Å². The van der Waals surface area contributed by atoms with Crippen molar-refractivity contribution < 1.29 is 9.53 Å². The van der Waals surface area contributed by atoms with Gasteiger partial charge in [0, 0.05) is 18.8 Å². The zero-order valence-corrected chi connectivity index (χ0v) is 20.0. The summed E-state index contributed by atoms with van der Waals surface area (Å²) in [4.78, 5) is 12.7. The van der Waals surface area contributed by atoms with Crippen molar-refractivity contribution in [2.24, 2.45) is 5.84 Å². The summed E-state index contributed by atoms with van der Waals surface area (Å²) in [5.74, 6) is 5.93. The van der Waals surface area contributed by atoms with E-state index < -0.39 is 0 Å². The Morgan fingerprint density at radius 1 is 1.34 bits per heavy atom. The molecule has 1 aromatic carbocycles. The van der Waals surface area contributed by atoms with Crippen molar-refractivity contribution in [3.8, 4) is 5.75 Å². The number of carbonyl (C=O) groups excluding carboxylic acids is 1. The molecule has 32 heavy (non-hydrogen) atoms. The molecule has 0 spiro atoms. The molecule has 0 fully saturated rings. The number of methoxy groups -OCH3 is 1. The highest BCUT2D eigenvalue weighted by Gasteiger charge is 2.18. The highest BCUT2D eigenvalue weighted by Crippen LogP contribution is 2.26. The molecular formula is C24H38N6O2. The van der Waals surface area contributed by atoms with Crippen LogP contribution in [0.2, 0.25) is 0 Å². The molecule has 0 saturated heterocycles. The van der Waals surface area contributed by atoms with Crippen molar-refractivity contribution in [2.45, 2.75) is 47.1 Å². The number of amides is 1. The Bertz CT molecular complexity index is 856. The maximum atomic E-state index is 12.7. The average molecular weight is 443 g/mol. The van der Waals surface area contributed by atoms with Gasteiger partial charge < -0.3 is 15.4 Å². The van der Waals surface area contributed by atoms with Gasteiger partial charge in [-0.3, -0.25) is 21.1 Å². The number of fused-ring (bicyclic) bond motifs is 1. The van der Waals surface area contributed by atoms with Crippen LogP contribution in [0.1, 0.15) is 55.6 Å². The van der Waals surface area contributed by atoms with Crippen LogP contribution in [0, 0.1) is 5.41 Å². The lowest BCUT2D eigenvalue weighted by Gasteiger charge is -2.21. The predicted octanol–water partition coefficient (Wildman–Crippen LogP) is 3.18. The fraction of sp³-hybridized carbons (Fsp3) is 0.417. The molecule has 0 aromatic heterocycles. The molecule has 2 rings (SSSR count). The number of benzene rings is 1. The number of nitrogens with one attached hydrogen (secondary N) is 4. The molecule has 1 aromatic rings. The molecule has 1 amide bonds. The Morgan fingerprint density at radius 3 is 2.62 bits per heavy atom. The van der Waals surface area contributed by atoms with E-state index in [-0.39, 0.29) is 11.7 Å². The van der Waals surface area contributed by atoms with Gasteiger partial charge in [-0.15, -0.1) is 0 Å². The number of nitrogens with two attached hydrogens (primary N) is 1. The fourth-order valence-corrected chi connectivity index (χ4v) is 3.03. The predicted molar refractivity (Wildman–Crippen MR) is 131 cm³/mol. The second kappa shape index (κ2) is 14.2. The number of hydrogen-bond acceptors (Lipinski definition) is 6. The van der Waals surface area contributed by atoms with Gasteiger partial charge in [-0.2, -0.15) is 5.53 Å². The van der Waals surface area contributed by atoms with Crippen LogP contribution in [0.15, 0.2) is 48.2 Å². The first-order valence-electron chi connectivity index (χ1n) is 10.9. The number of amidine groups is 1. The lowest BCUT2D eigenvalue weighted by Crippen LogP contribution is -2.46. The quantitative estimate of drug-likeness (QED) is 0.139. The number of allylic oxidation sites excluding steroid dienone is 3. The first-order chi connectivity index (χ1) is 15.3. The number of hydrogen-bond donors (Lipinski definition) is 5. The smallest absolute Gasteiger partial charge is 0.259 e. The van der Waals surface area contributed by atoms with Gasteiger partial charge in [-0.1, -0.05) is 39.0 Å². The number of likely N-dealkylation sites (N-methyl/N-ethyl adjacent to an activating group) is 1. The van der Waals surface area contributed by atoms with Gasteiger partial charge in [0.25, 0.3) is 5.91 Å².